The summed E-state index contributed by atoms with van der Waals surface area (Å²) in [6, 6.07) is 12.9. The van der Waals surface area contributed by atoms with E-state index in [4.69, 9.17) is 23.7 Å². The van der Waals surface area contributed by atoms with E-state index < -0.39 is 5.97 Å². The van der Waals surface area contributed by atoms with E-state index in [1.807, 2.05) is 24.3 Å². The van der Waals surface area contributed by atoms with Crippen LogP contribution in [0.1, 0.15) is 16.1 Å². The van der Waals surface area contributed by atoms with Crippen LogP contribution >= 0.6 is 11.7 Å². The van der Waals surface area contributed by atoms with Crippen LogP contribution in [0, 0.1) is 0 Å². The third-order valence-electron chi connectivity index (χ3n) is 6.55. The molecule has 0 atom stereocenters. The van der Waals surface area contributed by atoms with E-state index in [0.717, 1.165) is 28.3 Å². The molecule has 0 bridgehead atoms. The van der Waals surface area contributed by atoms with Crippen LogP contribution in [0.2, 0.25) is 0 Å². The zero-order chi connectivity index (χ0) is 26.4. The quantitative estimate of drug-likeness (QED) is 0.313. The van der Waals surface area contributed by atoms with Crippen molar-refractivity contribution < 1.29 is 33.6 Å². The van der Waals surface area contributed by atoms with Gasteiger partial charge in [-0.15, -0.1) is 0 Å². The zero-order valence-electron chi connectivity index (χ0n) is 20.8. The van der Waals surface area contributed by atoms with E-state index in [-0.39, 0.29) is 12.2 Å². The van der Waals surface area contributed by atoms with E-state index in [0.29, 0.717) is 64.0 Å². The van der Waals surface area contributed by atoms with E-state index in [1.54, 1.807) is 22.8 Å². The number of carboxylic acid groups (broad SMARTS) is 1. The Morgan fingerprint density at radius 3 is 2.45 bits per heavy atom. The normalized spacial score (nSPS) is 12.6. The Morgan fingerprint density at radius 2 is 1.71 bits per heavy atom. The average Bonchev–Trinajstić information content (AvgIpc) is 3.54. The molecular weight excluding hydrogens is 510 g/mol. The molecule has 0 saturated heterocycles. The van der Waals surface area contributed by atoms with Crippen molar-refractivity contribution >= 4 is 39.6 Å². The van der Waals surface area contributed by atoms with Crippen LogP contribution < -0.4 is 23.7 Å². The van der Waals surface area contributed by atoms with Crippen molar-refractivity contribution in [2.45, 2.75) is 6.54 Å². The van der Waals surface area contributed by atoms with E-state index in [1.165, 1.54) is 21.3 Å². The lowest BCUT2D eigenvalue weighted by Gasteiger charge is -2.19. The third kappa shape index (κ3) is 3.74. The van der Waals surface area contributed by atoms with E-state index in [2.05, 4.69) is 8.75 Å². The Bertz CT molecular complexity index is 1710. The third-order valence-corrected chi connectivity index (χ3v) is 7.11. The molecule has 2 aromatic heterocycles. The van der Waals surface area contributed by atoms with Crippen LogP contribution in [0.4, 0.5) is 0 Å². The van der Waals surface area contributed by atoms with Gasteiger partial charge in [0, 0.05) is 18.2 Å². The molecule has 38 heavy (non-hydrogen) atoms. The first-order chi connectivity index (χ1) is 18.5. The number of hydrogen-bond donors (Lipinski definition) is 1. The molecule has 0 unspecified atom stereocenters. The van der Waals surface area contributed by atoms with Crippen molar-refractivity contribution in [1.82, 2.24) is 13.3 Å². The summed E-state index contributed by atoms with van der Waals surface area (Å²) in [6.07, 6.45) is 0. The number of fused-ring (bicyclic) bond motifs is 3. The Kier molecular flexibility index (Phi) is 5.91. The molecule has 5 aromatic rings. The van der Waals surface area contributed by atoms with Crippen molar-refractivity contribution in [3.05, 3.63) is 53.7 Å². The Hall–Kier alpha value is -4.51. The van der Waals surface area contributed by atoms with Gasteiger partial charge in [0.15, 0.2) is 23.0 Å². The van der Waals surface area contributed by atoms with E-state index >= 15 is 0 Å². The fourth-order valence-corrected chi connectivity index (χ4v) is 5.46. The minimum atomic E-state index is -1.09. The molecule has 0 fully saturated rings. The van der Waals surface area contributed by atoms with Crippen LogP contribution in [0.5, 0.6) is 28.7 Å². The van der Waals surface area contributed by atoms with Crippen molar-refractivity contribution in [3.63, 3.8) is 0 Å². The molecule has 0 saturated carbocycles. The fourth-order valence-electron chi connectivity index (χ4n) is 4.95. The van der Waals surface area contributed by atoms with Crippen LogP contribution in [0.15, 0.2) is 42.5 Å². The minimum absolute atomic E-state index is 0.0850. The Labute approximate surface area is 221 Å². The molecule has 1 N–H and O–H groups in total. The summed E-state index contributed by atoms with van der Waals surface area (Å²) in [5.74, 6) is 1.21. The molecule has 11 heteroatoms. The second kappa shape index (κ2) is 9.42. The van der Waals surface area contributed by atoms with Gasteiger partial charge < -0.3 is 33.4 Å². The number of carbonyl (C=O) groups is 1. The lowest BCUT2D eigenvalue weighted by molar-refractivity contribution is 0.0687. The summed E-state index contributed by atoms with van der Waals surface area (Å²) in [4.78, 5) is 12.9. The van der Waals surface area contributed by atoms with Crippen molar-refractivity contribution in [3.8, 4) is 39.9 Å². The molecule has 0 radical (unpaired) electrons. The SMILES string of the molecule is COc1cc2c(c(OC)c1OC)c(-c1ccc3c(c1)OCCO3)c(C(=O)O)n2Cc1ccc2nsnc2c1. The zero-order valence-corrected chi connectivity index (χ0v) is 21.6. The van der Waals surface area contributed by atoms with Crippen molar-refractivity contribution in [1.29, 1.82) is 0 Å². The summed E-state index contributed by atoms with van der Waals surface area (Å²) >= 11 is 1.14. The summed E-state index contributed by atoms with van der Waals surface area (Å²) in [5, 5.41) is 11.2. The molecule has 10 nitrogen and oxygen atoms in total. The summed E-state index contributed by atoms with van der Waals surface area (Å²) in [5.41, 5.74) is 4.22. The summed E-state index contributed by atoms with van der Waals surface area (Å²) in [7, 11) is 4.56. The molecule has 0 spiro atoms. The number of hydrogen-bond acceptors (Lipinski definition) is 9. The van der Waals surface area contributed by atoms with Crippen LogP contribution in [-0.2, 0) is 6.54 Å². The number of aromatic nitrogens is 3. The number of carboxylic acids is 1. The number of nitrogens with zero attached hydrogens (tertiary/aromatic N) is 3. The lowest BCUT2D eigenvalue weighted by Crippen LogP contribution is -2.15. The number of methoxy groups -OCH3 is 3. The van der Waals surface area contributed by atoms with Crippen molar-refractivity contribution in [2.75, 3.05) is 34.5 Å². The molecule has 0 amide bonds. The molecule has 6 rings (SSSR count). The molecular formula is C27H23N3O7S. The second-order valence-corrected chi connectivity index (χ2v) is 9.13. The molecule has 3 heterocycles. The first kappa shape index (κ1) is 23.9. The van der Waals surface area contributed by atoms with Gasteiger partial charge in [-0.1, -0.05) is 12.1 Å². The van der Waals surface area contributed by atoms with Gasteiger partial charge in [-0.25, -0.2) is 4.79 Å². The lowest BCUT2D eigenvalue weighted by atomic mass is 10.00. The van der Waals surface area contributed by atoms with Gasteiger partial charge in [0.2, 0.25) is 5.75 Å². The van der Waals surface area contributed by atoms with Gasteiger partial charge in [0.1, 0.15) is 29.9 Å². The predicted octanol–water partition coefficient (Wildman–Crippen LogP) is 4.86. The Morgan fingerprint density at radius 1 is 0.947 bits per heavy atom. The van der Waals surface area contributed by atoms with Crippen LogP contribution in [0.3, 0.4) is 0 Å². The minimum Gasteiger partial charge on any atom is -0.493 e. The highest BCUT2D eigenvalue weighted by Gasteiger charge is 2.30. The number of benzene rings is 3. The maximum atomic E-state index is 12.9. The molecule has 0 aliphatic carbocycles. The molecule has 194 valence electrons. The molecule has 1 aliphatic heterocycles. The molecule has 1 aliphatic rings. The fraction of sp³-hybridized carbons (Fsp3) is 0.222. The highest BCUT2D eigenvalue weighted by atomic mass is 32.1. The predicted molar refractivity (Wildman–Crippen MR) is 141 cm³/mol. The van der Waals surface area contributed by atoms with Gasteiger partial charge in [0.25, 0.3) is 0 Å². The monoisotopic (exact) mass is 533 g/mol. The first-order valence-corrected chi connectivity index (χ1v) is 12.5. The first-order valence-electron chi connectivity index (χ1n) is 11.7. The number of aromatic carboxylic acids is 1. The smallest absolute Gasteiger partial charge is 0.353 e. The number of ether oxygens (including phenoxy) is 5. The highest BCUT2D eigenvalue weighted by Crippen LogP contribution is 2.50. The van der Waals surface area contributed by atoms with Gasteiger partial charge in [0.05, 0.1) is 44.0 Å². The van der Waals surface area contributed by atoms with Gasteiger partial charge in [-0.2, -0.15) is 8.75 Å². The summed E-state index contributed by atoms with van der Waals surface area (Å²) in [6.45, 7) is 1.12. The standard InChI is InChI=1S/C27H23N3O7S/c1-33-21-12-18-23(26(35-3)25(21)34-2)22(15-5-7-19-20(11-15)37-9-8-36-19)24(27(31)32)30(18)13-14-4-6-16-17(10-14)29-38-28-16/h4-7,10-12H,8-9,13H2,1-3H3,(H,31,32). The maximum absolute atomic E-state index is 12.9. The largest absolute Gasteiger partial charge is 0.493 e. The highest BCUT2D eigenvalue weighted by molar-refractivity contribution is 7.00. The van der Waals surface area contributed by atoms with Crippen LogP contribution in [-0.4, -0.2) is 58.9 Å². The van der Waals surface area contributed by atoms with Gasteiger partial charge in [-0.05, 0) is 35.4 Å². The summed E-state index contributed by atoms with van der Waals surface area (Å²) < 4.78 is 38.9. The second-order valence-electron chi connectivity index (χ2n) is 8.60. The van der Waals surface area contributed by atoms with Gasteiger partial charge in [-0.3, -0.25) is 0 Å². The van der Waals surface area contributed by atoms with Gasteiger partial charge >= 0.3 is 5.97 Å². The van der Waals surface area contributed by atoms with Crippen LogP contribution in [0.25, 0.3) is 33.1 Å². The van der Waals surface area contributed by atoms with E-state index in [9.17, 15) is 9.90 Å². The molecule has 3 aromatic carbocycles. The number of rotatable bonds is 7. The maximum Gasteiger partial charge on any atom is 0.353 e. The average molecular weight is 534 g/mol. The topological polar surface area (TPSA) is 114 Å². The Balaban J connectivity index is 1.68. The van der Waals surface area contributed by atoms with Crippen molar-refractivity contribution in [2.24, 2.45) is 0 Å².